The first kappa shape index (κ1) is 12.9. The molecule has 1 fully saturated rings. The quantitative estimate of drug-likeness (QED) is 0.909. The molecule has 1 heterocycles. The minimum absolute atomic E-state index is 0.100. The summed E-state index contributed by atoms with van der Waals surface area (Å²) in [6.45, 7) is 1.93. The molecule has 0 radical (unpaired) electrons. The van der Waals surface area contributed by atoms with Crippen LogP contribution in [-0.2, 0) is 0 Å². The minimum atomic E-state index is -0.100. The molecule has 1 unspecified atom stereocenters. The molecular weight excluding hydrogens is 304 g/mol. The van der Waals surface area contributed by atoms with Crippen LogP contribution in [0.5, 0.6) is 0 Å². The first-order valence-electron chi connectivity index (χ1n) is 5.51. The maximum atomic E-state index is 12.0. The molecule has 0 spiro atoms. The van der Waals surface area contributed by atoms with E-state index in [-0.39, 0.29) is 11.9 Å². The van der Waals surface area contributed by atoms with E-state index in [1.54, 1.807) is 6.07 Å². The molecule has 1 saturated heterocycles. The predicted octanol–water partition coefficient (Wildman–Crippen LogP) is 2.54. The van der Waals surface area contributed by atoms with E-state index in [4.69, 9.17) is 11.6 Å². The minimum Gasteiger partial charge on any atom is -0.348 e. The van der Waals surface area contributed by atoms with Gasteiger partial charge in [0.1, 0.15) is 0 Å². The van der Waals surface area contributed by atoms with Gasteiger partial charge in [0.15, 0.2) is 0 Å². The van der Waals surface area contributed by atoms with Gasteiger partial charge in [-0.25, -0.2) is 0 Å². The SMILES string of the molecule is CN1CCC(NC(=O)c2cccc(Br)c2Cl)C1. The number of halogens is 2. The van der Waals surface area contributed by atoms with Gasteiger partial charge in [-0.2, -0.15) is 0 Å². The number of hydrogen-bond acceptors (Lipinski definition) is 2. The monoisotopic (exact) mass is 316 g/mol. The van der Waals surface area contributed by atoms with Gasteiger partial charge in [-0.15, -0.1) is 0 Å². The van der Waals surface area contributed by atoms with Gasteiger partial charge < -0.3 is 10.2 Å². The van der Waals surface area contributed by atoms with E-state index in [0.29, 0.717) is 10.6 Å². The third-order valence-electron chi connectivity index (χ3n) is 2.92. The van der Waals surface area contributed by atoms with Crippen LogP contribution in [0.1, 0.15) is 16.8 Å². The summed E-state index contributed by atoms with van der Waals surface area (Å²) in [7, 11) is 2.05. The molecule has 92 valence electrons. The van der Waals surface area contributed by atoms with Gasteiger partial charge in [0, 0.05) is 17.1 Å². The number of nitrogens with zero attached hydrogens (tertiary/aromatic N) is 1. The zero-order valence-corrected chi connectivity index (χ0v) is 11.9. The van der Waals surface area contributed by atoms with E-state index in [1.807, 2.05) is 12.1 Å². The number of likely N-dealkylation sites (N-methyl/N-ethyl adjacent to an activating group) is 1. The molecule has 1 aromatic rings. The summed E-state index contributed by atoms with van der Waals surface area (Å²) < 4.78 is 0.746. The van der Waals surface area contributed by atoms with Crippen molar-refractivity contribution in [1.82, 2.24) is 10.2 Å². The largest absolute Gasteiger partial charge is 0.348 e. The molecule has 17 heavy (non-hydrogen) atoms. The van der Waals surface area contributed by atoms with Gasteiger partial charge >= 0.3 is 0 Å². The summed E-state index contributed by atoms with van der Waals surface area (Å²) >= 11 is 9.40. The molecule has 5 heteroatoms. The highest BCUT2D eigenvalue weighted by molar-refractivity contribution is 9.10. The van der Waals surface area contributed by atoms with Crippen molar-refractivity contribution >= 4 is 33.4 Å². The average Bonchev–Trinajstić information content (AvgIpc) is 2.68. The molecule has 1 aliphatic rings. The maximum absolute atomic E-state index is 12.0. The first-order chi connectivity index (χ1) is 8.08. The van der Waals surface area contributed by atoms with Gasteiger partial charge in [-0.3, -0.25) is 4.79 Å². The zero-order valence-electron chi connectivity index (χ0n) is 9.54. The smallest absolute Gasteiger partial charge is 0.253 e. The highest BCUT2D eigenvalue weighted by Crippen LogP contribution is 2.26. The average molecular weight is 318 g/mol. The molecule has 1 aliphatic heterocycles. The van der Waals surface area contributed by atoms with Crippen LogP contribution < -0.4 is 5.32 Å². The van der Waals surface area contributed by atoms with E-state index in [1.165, 1.54) is 0 Å². The van der Waals surface area contributed by atoms with Crippen LogP contribution in [0.15, 0.2) is 22.7 Å². The predicted molar refractivity (Wildman–Crippen MR) is 72.5 cm³/mol. The summed E-state index contributed by atoms with van der Waals surface area (Å²) in [5, 5.41) is 3.48. The zero-order chi connectivity index (χ0) is 12.4. The normalized spacial score (nSPS) is 20.5. The van der Waals surface area contributed by atoms with Crippen LogP contribution in [0, 0.1) is 0 Å². The number of benzene rings is 1. The molecule has 3 nitrogen and oxygen atoms in total. The molecule has 1 amide bonds. The molecule has 0 aliphatic carbocycles. The Morgan fingerprint density at radius 1 is 1.59 bits per heavy atom. The van der Waals surface area contributed by atoms with Crippen LogP contribution in [0.25, 0.3) is 0 Å². The topological polar surface area (TPSA) is 32.3 Å². The summed E-state index contributed by atoms with van der Waals surface area (Å²) in [4.78, 5) is 14.2. The number of carbonyl (C=O) groups is 1. The van der Waals surface area contributed by atoms with Crippen LogP contribution >= 0.6 is 27.5 Å². The third-order valence-corrected chi connectivity index (χ3v) is 4.22. The first-order valence-corrected chi connectivity index (χ1v) is 6.68. The fourth-order valence-electron chi connectivity index (χ4n) is 2.00. The fraction of sp³-hybridized carbons (Fsp3) is 0.417. The highest BCUT2D eigenvalue weighted by atomic mass is 79.9. The summed E-state index contributed by atoms with van der Waals surface area (Å²) in [5.74, 6) is -0.100. The number of amides is 1. The lowest BCUT2D eigenvalue weighted by Gasteiger charge is -2.13. The molecule has 2 rings (SSSR count). The van der Waals surface area contributed by atoms with Crippen molar-refractivity contribution in [3.05, 3.63) is 33.3 Å². The molecule has 0 bridgehead atoms. The van der Waals surface area contributed by atoms with Gasteiger partial charge in [0.2, 0.25) is 0 Å². The number of rotatable bonds is 2. The van der Waals surface area contributed by atoms with Crippen LogP contribution in [0.4, 0.5) is 0 Å². The summed E-state index contributed by atoms with van der Waals surface area (Å²) in [5.41, 5.74) is 0.524. The molecule has 1 N–H and O–H groups in total. The molecule has 0 saturated carbocycles. The van der Waals surface area contributed by atoms with Gasteiger partial charge in [-0.1, -0.05) is 17.7 Å². The Balaban J connectivity index is 2.07. The Morgan fingerprint density at radius 3 is 3.00 bits per heavy atom. The number of hydrogen-bond donors (Lipinski definition) is 1. The Hall–Kier alpha value is -0.580. The summed E-state index contributed by atoms with van der Waals surface area (Å²) in [6, 6.07) is 5.59. The Bertz CT molecular complexity index is 439. The highest BCUT2D eigenvalue weighted by Gasteiger charge is 2.22. The van der Waals surface area contributed by atoms with Crippen molar-refractivity contribution in [2.45, 2.75) is 12.5 Å². The number of likely N-dealkylation sites (tertiary alicyclic amines) is 1. The molecule has 1 aromatic carbocycles. The Kier molecular flexibility index (Phi) is 4.07. The Labute approximate surface area is 114 Å². The lowest BCUT2D eigenvalue weighted by molar-refractivity contribution is 0.0938. The number of carbonyl (C=O) groups excluding carboxylic acids is 1. The van der Waals surface area contributed by atoms with E-state index in [0.717, 1.165) is 24.0 Å². The number of nitrogens with one attached hydrogen (secondary N) is 1. The lowest BCUT2D eigenvalue weighted by atomic mass is 10.2. The summed E-state index contributed by atoms with van der Waals surface area (Å²) in [6.07, 6.45) is 0.994. The van der Waals surface area contributed by atoms with Crippen LogP contribution in [0.3, 0.4) is 0 Å². The van der Waals surface area contributed by atoms with Crippen molar-refractivity contribution < 1.29 is 4.79 Å². The van der Waals surface area contributed by atoms with Crippen molar-refractivity contribution in [2.24, 2.45) is 0 Å². The fourth-order valence-corrected chi connectivity index (χ4v) is 2.57. The third kappa shape index (κ3) is 3.00. The lowest BCUT2D eigenvalue weighted by Crippen LogP contribution is -2.36. The molecule has 1 atom stereocenters. The van der Waals surface area contributed by atoms with Crippen molar-refractivity contribution in [2.75, 3.05) is 20.1 Å². The second-order valence-electron chi connectivity index (χ2n) is 4.32. The van der Waals surface area contributed by atoms with Gasteiger partial charge in [0.05, 0.1) is 10.6 Å². The van der Waals surface area contributed by atoms with Crippen molar-refractivity contribution in [3.8, 4) is 0 Å². The van der Waals surface area contributed by atoms with E-state index in [2.05, 4.69) is 33.2 Å². The van der Waals surface area contributed by atoms with Gasteiger partial charge in [0.25, 0.3) is 5.91 Å². The van der Waals surface area contributed by atoms with Crippen LogP contribution in [0.2, 0.25) is 5.02 Å². The molecular formula is C12H14BrClN2O. The van der Waals surface area contributed by atoms with Crippen molar-refractivity contribution in [3.63, 3.8) is 0 Å². The van der Waals surface area contributed by atoms with E-state index < -0.39 is 0 Å². The second-order valence-corrected chi connectivity index (χ2v) is 5.55. The van der Waals surface area contributed by atoms with E-state index in [9.17, 15) is 4.79 Å². The second kappa shape index (κ2) is 5.38. The standard InChI is InChI=1S/C12H14BrClN2O/c1-16-6-5-8(7-16)15-12(17)9-3-2-4-10(13)11(9)14/h2-4,8H,5-7H2,1H3,(H,15,17). The Morgan fingerprint density at radius 2 is 2.35 bits per heavy atom. The van der Waals surface area contributed by atoms with Crippen LogP contribution in [-0.4, -0.2) is 37.0 Å². The van der Waals surface area contributed by atoms with Crippen molar-refractivity contribution in [1.29, 1.82) is 0 Å². The van der Waals surface area contributed by atoms with E-state index >= 15 is 0 Å². The van der Waals surface area contributed by atoms with Gasteiger partial charge in [-0.05, 0) is 48.1 Å². The maximum Gasteiger partial charge on any atom is 0.253 e. The molecule has 0 aromatic heterocycles.